The Kier molecular flexibility index (Phi) is 6.20. The molecule has 1 rings (SSSR count). The third-order valence-electron chi connectivity index (χ3n) is 2.58. The van der Waals surface area contributed by atoms with Gasteiger partial charge in [-0.15, -0.1) is 0 Å². The molecule has 8 heteroatoms. The molecule has 0 fully saturated rings. The summed E-state index contributed by atoms with van der Waals surface area (Å²) < 4.78 is 0. The van der Waals surface area contributed by atoms with E-state index in [1.165, 1.54) is 11.8 Å². The minimum atomic E-state index is -1.03. The Morgan fingerprint density at radius 3 is 2.79 bits per heavy atom. The smallest absolute Gasteiger partial charge is 0.326 e. The number of aromatic nitrogens is 2. The molecule has 2 amide bonds. The van der Waals surface area contributed by atoms with Crippen LogP contribution in [0.25, 0.3) is 0 Å². The fourth-order valence-electron chi connectivity index (χ4n) is 1.47. The van der Waals surface area contributed by atoms with Gasteiger partial charge < -0.3 is 15.7 Å². The first-order valence-corrected chi connectivity index (χ1v) is 7.21. The quantitative estimate of drug-likeness (QED) is 0.597. The Labute approximate surface area is 115 Å². The minimum Gasteiger partial charge on any atom is -0.480 e. The van der Waals surface area contributed by atoms with Gasteiger partial charge in [0, 0.05) is 11.8 Å². The van der Waals surface area contributed by atoms with E-state index in [9.17, 15) is 9.59 Å². The molecule has 19 heavy (non-hydrogen) atoms. The Hall–Kier alpha value is -1.70. The van der Waals surface area contributed by atoms with Gasteiger partial charge in [-0.25, -0.2) is 9.59 Å². The van der Waals surface area contributed by atoms with E-state index >= 15 is 0 Å². The van der Waals surface area contributed by atoms with E-state index in [2.05, 4.69) is 20.8 Å². The van der Waals surface area contributed by atoms with Crippen LogP contribution >= 0.6 is 11.8 Å². The maximum absolute atomic E-state index is 11.7. The SMILES string of the molecule is CSCC[C@H](NC(=O)NC(C)c1cn[nH]c1)C(=O)O. The summed E-state index contributed by atoms with van der Waals surface area (Å²) in [7, 11) is 0. The molecule has 2 atom stereocenters. The van der Waals surface area contributed by atoms with Gasteiger partial charge in [0.15, 0.2) is 0 Å². The molecule has 7 nitrogen and oxygen atoms in total. The molecule has 0 saturated carbocycles. The standard InChI is InChI=1S/C11H18N4O3S/c1-7(8-5-12-13-6-8)14-11(18)15-9(10(16)17)3-4-19-2/h5-7,9H,3-4H2,1-2H3,(H,12,13)(H,16,17)(H2,14,15,18)/t7?,9-/m0/s1. The maximum atomic E-state index is 11.7. The number of nitrogens with one attached hydrogen (secondary N) is 3. The van der Waals surface area contributed by atoms with Gasteiger partial charge in [0.05, 0.1) is 12.2 Å². The highest BCUT2D eigenvalue weighted by molar-refractivity contribution is 7.98. The molecule has 0 saturated heterocycles. The molecule has 0 spiro atoms. The molecule has 1 aromatic rings. The van der Waals surface area contributed by atoms with Crippen molar-refractivity contribution in [2.75, 3.05) is 12.0 Å². The maximum Gasteiger partial charge on any atom is 0.326 e. The van der Waals surface area contributed by atoms with E-state index in [1.54, 1.807) is 19.3 Å². The van der Waals surface area contributed by atoms with Crippen molar-refractivity contribution >= 4 is 23.8 Å². The molecule has 0 aliphatic heterocycles. The molecule has 0 aliphatic carbocycles. The van der Waals surface area contributed by atoms with Crippen LogP contribution in [-0.4, -0.2) is 45.4 Å². The second-order valence-corrected chi connectivity index (χ2v) is 5.03. The number of aromatic amines is 1. The Balaban J connectivity index is 2.46. The molecule has 106 valence electrons. The summed E-state index contributed by atoms with van der Waals surface area (Å²) in [6.07, 6.45) is 5.56. The van der Waals surface area contributed by atoms with Gasteiger partial charge in [-0.2, -0.15) is 16.9 Å². The summed E-state index contributed by atoms with van der Waals surface area (Å²) in [5.41, 5.74) is 0.825. The van der Waals surface area contributed by atoms with Crippen LogP contribution in [0.5, 0.6) is 0 Å². The zero-order valence-corrected chi connectivity index (χ0v) is 11.7. The third kappa shape index (κ3) is 5.21. The van der Waals surface area contributed by atoms with Gasteiger partial charge in [-0.3, -0.25) is 5.10 Å². The van der Waals surface area contributed by atoms with Crippen LogP contribution in [0.2, 0.25) is 0 Å². The van der Waals surface area contributed by atoms with Crippen LogP contribution in [0.4, 0.5) is 4.79 Å². The molecule has 0 bridgehead atoms. The molecule has 1 unspecified atom stereocenters. The van der Waals surface area contributed by atoms with Crippen molar-refractivity contribution in [3.05, 3.63) is 18.0 Å². The number of H-pyrrole nitrogens is 1. The van der Waals surface area contributed by atoms with E-state index in [1.807, 2.05) is 6.26 Å². The van der Waals surface area contributed by atoms with Gasteiger partial charge in [0.2, 0.25) is 0 Å². The number of carboxylic acids is 1. The van der Waals surface area contributed by atoms with E-state index in [0.29, 0.717) is 12.2 Å². The van der Waals surface area contributed by atoms with Gasteiger partial charge in [-0.05, 0) is 25.4 Å². The highest BCUT2D eigenvalue weighted by Crippen LogP contribution is 2.08. The van der Waals surface area contributed by atoms with Crippen LogP contribution in [0.1, 0.15) is 24.9 Å². The summed E-state index contributed by atoms with van der Waals surface area (Å²) in [4.78, 5) is 22.7. The predicted octanol–water partition coefficient (Wildman–Crippen LogP) is 0.976. The lowest BCUT2D eigenvalue weighted by molar-refractivity contribution is -0.139. The topological polar surface area (TPSA) is 107 Å². The Morgan fingerprint density at radius 1 is 1.53 bits per heavy atom. The first kappa shape index (κ1) is 15.4. The van der Waals surface area contributed by atoms with Gasteiger partial charge in [-0.1, -0.05) is 0 Å². The van der Waals surface area contributed by atoms with Crippen molar-refractivity contribution < 1.29 is 14.7 Å². The number of carbonyl (C=O) groups excluding carboxylic acids is 1. The number of carboxylic acid groups (broad SMARTS) is 1. The number of rotatable bonds is 7. The van der Waals surface area contributed by atoms with Crippen molar-refractivity contribution in [3.63, 3.8) is 0 Å². The number of thioether (sulfide) groups is 1. The van der Waals surface area contributed by atoms with Crippen LogP contribution in [0.3, 0.4) is 0 Å². The van der Waals surface area contributed by atoms with Gasteiger partial charge >= 0.3 is 12.0 Å². The van der Waals surface area contributed by atoms with Crippen LogP contribution < -0.4 is 10.6 Å². The number of hydrogen-bond acceptors (Lipinski definition) is 4. The summed E-state index contributed by atoms with van der Waals surface area (Å²) >= 11 is 1.54. The van der Waals surface area contributed by atoms with E-state index in [0.717, 1.165) is 5.56 Å². The lowest BCUT2D eigenvalue weighted by Gasteiger charge is -2.17. The largest absolute Gasteiger partial charge is 0.480 e. The molecule has 0 aliphatic rings. The lowest BCUT2D eigenvalue weighted by Crippen LogP contribution is -2.46. The molecule has 4 N–H and O–H groups in total. The Bertz CT molecular complexity index is 410. The number of carbonyl (C=O) groups is 2. The average Bonchev–Trinajstić information content (AvgIpc) is 2.87. The molecule has 1 aromatic heterocycles. The normalized spacial score (nSPS) is 13.6. The van der Waals surface area contributed by atoms with E-state index in [-0.39, 0.29) is 6.04 Å². The van der Waals surface area contributed by atoms with E-state index < -0.39 is 18.0 Å². The monoisotopic (exact) mass is 286 g/mol. The zero-order valence-electron chi connectivity index (χ0n) is 10.8. The molecule has 1 heterocycles. The van der Waals surface area contributed by atoms with Crippen LogP contribution in [-0.2, 0) is 4.79 Å². The predicted molar refractivity (Wildman–Crippen MR) is 73.1 cm³/mol. The highest BCUT2D eigenvalue weighted by Gasteiger charge is 2.20. The van der Waals surface area contributed by atoms with Crippen molar-refractivity contribution in [2.24, 2.45) is 0 Å². The second kappa shape index (κ2) is 7.67. The molecule has 0 aromatic carbocycles. The third-order valence-corrected chi connectivity index (χ3v) is 3.22. The number of amides is 2. The number of aliphatic carboxylic acids is 1. The summed E-state index contributed by atoms with van der Waals surface area (Å²) in [5.74, 6) is -0.352. The zero-order chi connectivity index (χ0) is 14.3. The van der Waals surface area contributed by atoms with Crippen molar-refractivity contribution in [3.8, 4) is 0 Å². The van der Waals surface area contributed by atoms with Crippen molar-refractivity contribution in [1.82, 2.24) is 20.8 Å². The first-order chi connectivity index (χ1) is 9.04. The molecular weight excluding hydrogens is 268 g/mol. The minimum absolute atomic E-state index is 0.242. The molecule has 0 radical (unpaired) electrons. The molecular formula is C11H18N4O3S. The second-order valence-electron chi connectivity index (χ2n) is 4.04. The number of urea groups is 1. The van der Waals surface area contributed by atoms with Gasteiger partial charge in [0.1, 0.15) is 6.04 Å². The van der Waals surface area contributed by atoms with E-state index in [4.69, 9.17) is 5.11 Å². The fraction of sp³-hybridized carbons (Fsp3) is 0.545. The summed E-state index contributed by atoms with van der Waals surface area (Å²) in [6, 6.07) is -1.61. The van der Waals surface area contributed by atoms with Gasteiger partial charge in [0.25, 0.3) is 0 Å². The van der Waals surface area contributed by atoms with Crippen LogP contribution in [0, 0.1) is 0 Å². The number of nitrogens with zero attached hydrogens (tertiary/aromatic N) is 1. The van der Waals surface area contributed by atoms with Crippen molar-refractivity contribution in [1.29, 1.82) is 0 Å². The van der Waals surface area contributed by atoms with Crippen LogP contribution in [0.15, 0.2) is 12.4 Å². The highest BCUT2D eigenvalue weighted by atomic mass is 32.2. The summed E-state index contributed by atoms with van der Waals surface area (Å²) in [6.45, 7) is 1.79. The average molecular weight is 286 g/mol. The lowest BCUT2D eigenvalue weighted by atomic mass is 10.2. The first-order valence-electron chi connectivity index (χ1n) is 5.82. The Morgan fingerprint density at radius 2 is 2.26 bits per heavy atom. The summed E-state index contributed by atoms with van der Waals surface area (Å²) in [5, 5.41) is 20.6. The van der Waals surface area contributed by atoms with Crippen molar-refractivity contribution in [2.45, 2.75) is 25.4 Å². The number of hydrogen-bond donors (Lipinski definition) is 4. The fourth-order valence-corrected chi connectivity index (χ4v) is 1.94.